The first-order chi connectivity index (χ1) is 12.6. The molecule has 2 aromatic heterocycles. The summed E-state index contributed by atoms with van der Waals surface area (Å²) in [7, 11) is 0. The van der Waals surface area contributed by atoms with Crippen molar-refractivity contribution in [1.82, 2.24) is 14.5 Å². The normalized spacial score (nSPS) is 12.7. The van der Waals surface area contributed by atoms with E-state index < -0.39 is 5.91 Å². The molecule has 0 saturated carbocycles. The quantitative estimate of drug-likeness (QED) is 0.741. The number of hydrogen-bond donors (Lipinski definition) is 2. The van der Waals surface area contributed by atoms with Gasteiger partial charge < -0.3 is 15.6 Å². The van der Waals surface area contributed by atoms with Crippen molar-refractivity contribution in [2.45, 2.75) is 19.8 Å². The summed E-state index contributed by atoms with van der Waals surface area (Å²) in [6, 6.07) is 7.46. The molecule has 0 radical (unpaired) electrons. The molecule has 132 valence electrons. The van der Waals surface area contributed by atoms with Gasteiger partial charge in [-0.2, -0.15) is 0 Å². The third kappa shape index (κ3) is 2.82. The van der Waals surface area contributed by atoms with Crippen molar-refractivity contribution in [2.75, 3.05) is 11.9 Å². The van der Waals surface area contributed by atoms with E-state index in [-0.39, 0.29) is 0 Å². The molecule has 0 fully saturated rings. The van der Waals surface area contributed by atoms with Crippen molar-refractivity contribution >= 4 is 23.3 Å². The summed E-state index contributed by atoms with van der Waals surface area (Å²) in [6.07, 6.45) is 5.17. The molecule has 1 aliphatic rings. The van der Waals surface area contributed by atoms with Crippen LogP contribution in [0.15, 0.2) is 36.7 Å². The maximum atomic E-state index is 11.4. The predicted octanol–water partition coefficient (Wildman–Crippen LogP) is 3.22. The van der Waals surface area contributed by atoms with Gasteiger partial charge in [0.15, 0.2) is 5.82 Å². The Hall–Kier alpha value is -2.86. The Kier molecular flexibility index (Phi) is 4.12. The van der Waals surface area contributed by atoms with E-state index in [0.717, 1.165) is 47.7 Å². The van der Waals surface area contributed by atoms with Crippen LogP contribution in [0.25, 0.3) is 17.2 Å². The van der Waals surface area contributed by atoms with Gasteiger partial charge >= 0.3 is 0 Å². The molecule has 4 rings (SSSR count). The van der Waals surface area contributed by atoms with Crippen molar-refractivity contribution in [1.29, 1.82) is 0 Å². The average molecular weight is 368 g/mol. The fourth-order valence-corrected chi connectivity index (χ4v) is 3.40. The summed E-state index contributed by atoms with van der Waals surface area (Å²) in [5, 5.41) is 3.96. The van der Waals surface area contributed by atoms with Crippen LogP contribution in [-0.4, -0.2) is 27.0 Å². The molecule has 0 spiro atoms. The maximum Gasteiger partial charge on any atom is 0.250 e. The molecular formula is C19H18ClN5O. The molecule has 1 amide bonds. The number of halogens is 1. The number of aryl methyl sites for hydroxylation is 1. The lowest BCUT2D eigenvalue weighted by Gasteiger charge is -2.13. The van der Waals surface area contributed by atoms with Gasteiger partial charge in [0.25, 0.3) is 0 Å². The fraction of sp³-hybridized carbons (Fsp3) is 0.211. The Bertz CT molecular complexity index is 1010. The highest BCUT2D eigenvalue weighted by Gasteiger charge is 2.22. The molecule has 3 aromatic rings. The molecule has 3 N–H and O–H groups in total. The predicted molar refractivity (Wildman–Crippen MR) is 102 cm³/mol. The molecule has 0 saturated heterocycles. The van der Waals surface area contributed by atoms with Crippen LogP contribution in [0.1, 0.15) is 28.4 Å². The van der Waals surface area contributed by atoms with Gasteiger partial charge in [-0.1, -0.05) is 24.6 Å². The third-order valence-electron chi connectivity index (χ3n) is 4.57. The van der Waals surface area contributed by atoms with E-state index in [1.165, 1.54) is 0 Å². The second kappa shape index (κ2) is 6.46. The molecule has 0 bridgehead atoms. The van der Waals surface area contributed by atoms with Crippen molar-refractivity contribution < 1.29 is 4.79 Å². The zero-order chi connectivity index (χ0) is 18.3. The number of primary amides is 1. The number of benzene rings is 1. The summed E-state index contributed by atoms with van der Waals surface area (Å²) in [4.78, 5) is 21.0. The van der Waals surface area contributed by atoms with Gasteiger partial charge in [0.05, 0.1) is 5.56 Å². The van der Waals surface area contributed by atoms with Crippen molar-refractivity contribution in [3.8, 4) is 17.2 Å². The highest BCUT2D eigenvalue weighted by molar-refractivity contribution is 6.30. The minimum absolute atomic E-state index is 0.446. The number of amides is 1. The number of hydrogen-bond acceptors (Lipinski definition) is 4. The largest absolute Gasteiger partial charge is 0.369 e. The van der Waals surface area contributed by atoms with Crippen molar-refractivity contribution in [3.63, 3.8) is 0 Å². The van der Waals surface area contributed by atoms with Gasteiger partial charge in [-0.25, -0.2) is 9.97 Å². The summed E-state index contributed by atoms with van der Waals surface area (Å²) < 4.78 is 1.83. The Labute approximate surface area is 156 Å². The number of aromatic nitrogens is 3. The first kappa shape index (κ1) is 16.6. The standard InChI is InChI=1S/C19H18ClN5O/c1-2-11-3-4-13(20)9-15(11)18-23-17-14(5-7-22-17)19(24-18)25-8-6-12(10-25)16(21)26/h3-4,6,8-10H,2,5,7H2,1H3,(H2,21,26)(H,22,23,24). The summed E-state index contributed by atoms with van der Waals surface area (Å²) in [5.41, 5.74) is 8.90. The van der Waals surface area contributed by atoms with E-state index in [2.05, 4.69) is 12.2 Å². The number of anilines is 1. The number of rotatable bonds is 4. The number of carbonyl (C=O) groups is 1. The van der Waals surface area contributed by atoms with E-state index in [1.807, 2.05) is 22.8 Å². The van der Waals surface area contributed by atoms with Gasteiger partial charge in [0.2, 0.25) is 5.91 Å². The fourth-order valence-electron chi connectivity index (χ4n) is 3.23. The lowest BCUT2D eigenvalue weighted by molar-refractivity contribution is 0.100. The first-order valence-electron chi connectivity index (χ1n) is 8.48. The van der Waals surface area contributed by atoms with Crippen LogP contribution in [-0.2, 0) is 12.8 Å². The van der Waals surface area contributed by atoms with E-state index >= 15 is 0 Å². The van der Waals surface area contributed by atoms with Crippen LogP contribution < -0.4 is 11.1 Å². The molecule has 6 nitrogen and oxygen atoms in total. The minimum atomic E-state index is -0.462. The van der Waals surface area contributed by atoms with E-state index in [9.17, 15) is 4.79 Å². The molecule has 26 heavy (non-hydrogen) atoms. The number of fused-ring (bicyclic) bond motifs is 1. The molecule has 0 atom stereocenters. The molecule has 3 heterocycles. The number of nitrogens with one attached hydrogen (secondary N) is 1. The van der Waals surface area contributed by atoms with Crippen molar-refractivity contribution in [3.05, 3.63) is 58.4 Å². The van der Waals surface area contributed by atoms with Gasteiger partial charge in [-0.15, -0.1) is 0 Å². The first-order valence-corrected chi connectivity index (χ1v) is 8.86. The zero-order valence-electron chi connectivity index (χ0n) is 14.3. The molecule has 0 unspecified atom stereocenters. The smallest absolute Gasteiger partial charge is 0.250 e. The maximum absolute atomic E-state index is 11.4. The summed E-state index contributed by atoms with van der Waals surface area (Å²) >= 11 is 6.21. The molecule has 0 aliphatic carbocycles. The Morgan fingerprint density at radius 2 is 2.19 bits per heavy atom. The second-order valence-electron chi connectivity index (χ2n) is 6.20. The summed E-state index contributed by atoms with van der Waals surface area (Å²) in [5.74, 6) is 1.73. The molecular weight excluding hydrogens is 350 g/mol. The number of nitrogens with two attached hydrogens (primary N) is 1. The highest BCUT2D eigenvalue weighted by Crippen LogP contribution is 2.31. The van der Waals surface area contributed by atoms with E-state index in [1.54, 1.807) is 18.5 Å². The van der Waals surface area contributed by atoms with Crippen LogP contribution in [0.5, 0.6) is 0 Å². The van der Waals surface area contributed by atoms with Gasteiger partial charge in [-0.3, -0.25) is 4.79 Å². The highest BCUT2D eigenvalue weighted by atomic mass is 35.5. The Morgan fingerprint density at radius 1 is 1.35 bits per heavy atom. The van der Waals surface area contributed by atoms with Gasteiger partial charge in [0, 0.05) is 35.1 Å². The van der Waals surface area contributed by atoms with Crippen LogP contribution in [0, 0.1) is 0 Å². The Morgan fingerprint density at radius 3 is 2.92 bits per heavy atom. The molecule has 7 heteroatoms. The lowest BCUT2D eigenvalue weighted by Crippen LogP contribution is -2.10. The molecule has 1 aromatic carbocycles. The topological polar surface area (TPSA) is 85.8 Å². The average Bonchev–Trinajstić information content (AvgIpc) is 3.30. The van der Waals surface area contributed by atoms with E-state index in [4.69, 9.17) is 27.3 Å². The van der Waals surface area contributed by atoms with Crippen LogP contribution in [0.2, 0.25) is 5.02 Å². The van der Waals surface area contributed by atoms with E-state index in [0.29, 0.717) is 16.4 Å². The van der Waals surface area contributed by atoms with Crippen LogP contribution in [0.4, 0.5) is 5.82 Å². The van der Waals surface area contributed by atoms with Crippen molar-refractivity contribution in [2.24, 2.45) is 5.73 Å². The van der Waals surface area contributed by atoms with Crippen LogP contribution >= 0.6 is 11.6 Å². The van der Waals surface area contributed by atoms with Gasteiger partial charge in [0.1, 0.15) is 11.6 Å². The number of nitrogens with zero attached hydrogens (tertiary/aromatic N) is 3. The Balaban J connectivity index is 1.91. The number of carbonyl (C=O) groups excluding carboxylic acids is 1. The molecule has 1 aliphatic heterocycles. The zero-order valence-corrected chi connectivity index (χ0v) is 15.0. The van der Waals surface area contributed by atoms with Gasteiger partial charge in [-0.05, 0) is 36.6 Å². The minimum Gasteiger partial charge on any atom is -0.369 e. The second-order valence-corrected chi connectivity index (χ2v) is 6.64. The van der Waals surface area contributed by atoms with Crippen LogP contribution in [0.3, 0.4) is 0 Å². The SMILES string of the molecule is CCc1ccc(Cl)cc1-c1nc2c(c(-n3ccc(C(N)=O)c3)n1)CCN2. The summed E-state index contributed by atoms with van der Waals surface area (Å²) in [6.45, 7) is 2.89. The third-order valence-corrected chi connectivity index (χ3v) is 4.80. The lowest BCUT2D eigenvalue weighted by atomic mass is 10.0. The monoisotopic (exact) mass is 367 g/mol.